The Balaban J connectivity index is 1.65. The summed E-state index contributed by atoms with van der Waals surface area (Å²) in [6, 6.07) is 20.9. The van der Waals surface area contributed by atoms with Gasteiger partial charge in [0.15, 0.2) is 6.10 Å². The molecule has 3 aromatic rings. The van der Waals surface area contributed by atoms with Gasteiger partial charge in [0.2, 0.25) is 0 Å². The quantitative estimate of drug-likeness (QED) is 0.624. The summed E-state index contributed by atoms with van der Waals surface area (Å²) in [6.07, 6.45) is 1.06. The van der Waals surface area contributed by atoms with Crippen molar-refractivity contribution in [1.29, 1.82) is 0 Å². The molecule has 0 spiro atoms. The molecule has 0 aliphatic heterocycles. The Labute approximate surface area is 153 Å². The van der Waals surface area contributed by atoms with Gasteiger partial charge in [-0.05, 0) is 42.6 Å². The molecule has 3 aromatic carbocycles. The summed E-state index contributed by atoms with van der Waals surface area (Å²) in [5, 5.41) is 4.91. The van der Waals surface area contributed by atoms with Crippen LogP contribution in [-0.4, -0.2) is 18.6 Å². The van der Waals surface area contributed by atoms with E-state index in [9.17, 15) is 4.79 Å². The first-order valence-electron chi connectivity index (χ1n) is 8.46. The molecule has 26 heavy (non-hydrogen) atoms. The van der Waals surface area contributed by atoms with Crippen molar-refractivity contribution in [3.05, 3.63) is 79.4 Å². The number of hydrogen-bond donors (Lipinski definition) is 1. The highest BCUT2D eigenvalue weighted by Crippen LogP contribution is 2.26. The Hall–Kier alpha value is -3.27. The minimum atomic E-state index is -0.627. The smallest absolute Gasteiger partial charge is 0.265 e. The number of carbonyl (C=O) groups excluding carboxylic acids is 1. The number of benzene rings is 3. The number of ether oxygens (including phenoxy) is 2. The molecule has 4 nitrogen and oxygen atoms in total. The maximum absolute atomic E-state index is 12.4. The molecule has 0 saturated carbocycles. The molecule has 0 saturated heterocycles. The van der Waals surface area contributed by atoms with Gasteiger partial charge in [0.05, 0.1) is 0 Å². The van der Waals surface area contributed by atoms with Crippen LogP contribution in [0.15, 0.2) is 79.4 Å². The molecular weight excluding hydrogens is 326 g/mol. The van der Waals surface area contributed by atoms with E-state index in [1.54, 1.807) is 37.3 Å². The van der Waals surface area contributed by atoms with Gasteiger partial charge in [-0.25, -0.2) is 0 Å². The SMILES string of the molecule is C=CCOc1ccc(NC(=O)C(C)Oc2cccc3ccccc23)cc1. The Kier molecular flexibility index (Phi) is 5.54. The van der Waals surface area contributed by atoms with Crippen LogP contribution in [0.25, 0.3) is 10.8 Å². The van der Waals surface area contributed by atoms with Gasteiger partial charge in [-0.3, -0.25) is 4.79 Å². The maximum Gasteiger partial charge on any atom is 0.265 e. The largest absolute Gasteiger partial charge is 0.490 e. The van der Waals surface area contributed by atoms with Gasteiger partial charge in [-0.15, -0.1) is 0 Å². The van der Waals surface area contributed by atoms with Gasteiger partial charge < -0.3 is 14.8 Å². The van der Waals surface area contributed by atoms with Crippen LogP contribution in [0.3, 0.4) is 0 Å². The van der Waals surface area contributed by atoms with Crippen molar-refractivity contribution in [3.8, 4) is 11.5 Å². The predicted molar refractivity (Wildman–Crippen MR) is 105 cm³/mol. The second-order valence-corrected chi connectivity index (χ2v) is 5.85. The number of amides is 1. The number of nitrogens with one attached hydrogen (secondary N) is 1. The van der Waals surface area contributed by atoms with E-state index in [4.69, 9.17) is 9.47 Å². The standard InChI is InChI=1S/C22H21NO3/c1-3-15-25-19-13-11-18(12-14-19)23-22(24)16(2)26-21-10-6-8-17-7-4-5-9-20(17)21/h3-14,16H,1,15H2,2H3,(H,23,24). The van der Waals surface area contributed by atoms with Gasteiger partial charge >= 0.3 is 0 Å². The monoisotopic (exact) mass is 347 g/mol. The predicted octanol–water partition coefficient (Wildman–Crippen LogP) is 4.81. The van der Waals surface area contributed by atoms with Crippen LogP contribution in [0.4, 0.5) is 5.69 Å². The summed E-state index contributed by atoms with van der Waals surface area (Å²) in [4.78, 5) is 12.4. The van der Waals surface area contributed by atoms with Gasteiger partial charge in [0, 0.05) is 11.1 Å². The third kappa shape index (κ3) is 4.22. The van der Waals surface area contributed by atoms with E-state index in [-0.39, 0.29) is 5.91 Å². The van der Waals surface area contributed by atoms with Gasteiger partial charge in [-0.2, -0.15) is 0 Å². The molecule has 0 radical (unpaired) electrons. The lowest BCUT2D eigenvalue weighted by Gasteiger charge is -2.16. The average molecular weight is 347 g/mol. The van der Waals surface area contributed by atoms with E-state index in [2.05, 4.69) is 11.9 Å². The number of carbonyl (C=O) groups is 1. The number of hydrogen-bond acceptors (Lipinski definition) is 3. The minimum Gasteiger partial charge on any atom is -0.490 e. The van der Waals surface area contributed by atoms with Crippen LogP contribution in [-0.2, 0) is 4.79 Å². The summed E-state index contributed by atoms with van der Waals surface area (Å²) in [5.74, 6) is 1.21. The summed E-state index contributed by atoms with van der Waals surface area (Å²) in [5.41, 5.74) is 0.689. The third-order valence-corrected chi connectivity index (χ3v) is 3.91. The number of rotatable bonds is 7. The second kappa shape index (κ2) is 8.21. The van der Waals surface area contributed by atoms with Crippen LogP contribution in [0.5, 0.6) is 11.5 Å². The molecule has 3 rings (SSSR count). The summed E-state index contributed by atoms with van der Waals surface area (Å²) >= 11 is 0. The molecule has 0 aliphatic carbocycles. The Morgan fingerprint density at radius 1 is 1.08 bits per heavy atom. The Morgan fingerprint density at radius 3 is 2.58 bits per heavy atom. The zero-order valence-corrected chi connectivity index (χ0v) is 14.6. The fourth-order valence-electron chi connectivity index (χ4n) is 2.58. The van der Waals surface area contributed by atoms with Crippen LogP contribution >= 0.6 is 0 Å². The van der Waals surface area contributed by atoms with Crippen LogP contribution in [0.1, 0.15) is 6.92 Å². The van der Waals surface area contributed by atoms with Crippen molar-refractivity contribution in [1.82, 2.24) is 0 Å². The van der Waals surface area contributed by atoms with E-state index < -0.39 is 6.10 Å². The van der Waals surface area contributed by atoms with Crippen molar-refractivity contribution in [3.63, 3.8) is 0 Å². The molecule has 1 atom stereocenters. The van der Waals surface area contributed by atoms with Crippen molar-refractivity contribution in [2.24, 2.45) is 0 Å². The summed E-state index contributed by atoms with van der Waals surface area (Å²) in [6.45, 7) is 5.79. The first-order chi connectivity index (χ1) is 12.7. The van der Waals surface area contributed by atoms with Crippen molar-refractivity contribution < 1.29 is 14.3 Å². The average Bonchev–Trinajstić information content (AvgIpc) is 2.67. The van der Waals surface area contributed by atoms with Crippen LogP contribution in [0.2, 0.25) is 0 Å². The highest BCUT2D eigenvalue weighted by atomic mass is 16.5. The first-order valence-corrected chi connectivity index (χ1v) is 8.46. The molecular formula is C22H21NO3. The van der Waals surface area contributed by atoms with E-state index >= 15 is 0 Å². The van der Waals surface area contributed by atoms with Crippen molar-refractivity contribution in [2.75, 3.05) is 11.9 Å². The van der Waals surface area contributed by atoms with E-state index in [0.717, 1.165) is 16.5 Å². The minimum absolute atomic E-state index is 0.210. The fraction of sp³-hybridized carbons (Fsp3) is 0.136. The summed E-state index contributed by atoms with van der Waals surface area (Å²) < 4.78 is 11.3. The lowest BCUT2D eigenvalue weighted by Crippen LogP contribution is -2.30. The molecule has 0 heterocycles. The zero-order chi connectivity index (χ0) is 18.4. The number of fused-ring (bicyclic) bond motifs is 1. The zero-order valence-electron chi connectivity index (χ0n) is 14.6. The molecule has 0 fully saturated rings. The topological polar surface area (TPSA) is 47.6 Å². The molecule has 132 valence electrons. The van der Waals surface area contributed by atoms with Crippen LogP contribution in [0, 0.1) is 0 Å². The van der Waals surface area contributed by atoms with E-state index in [1.807, 2.05) is 42.5 Å². The van der Waals surface area contributed by atoms with Crippen molar-refractivity contribution >= 4 is 22.4 Å². The fourth-order valence-corrected chi connectivity index (χ4v) is 2.58. The lowest BCUT2D eigenvalue weighted by atomic mass is 10.1. The number of anilines is 1. The molecule has 1 amide bonds. The van der Waals surface area contributed by atoms with E-state index in [0.29, 0.717) is 18.0 Å². The highest BCUT2D eigenvalue weighted by molar-refractivity contribution is 5.95. The van der Waals surface area contributed by atoms with Crippen molar-refractivity contribution in [2.45, 2.75) is 13.0 Å². The molecule has 0 aliphatic rings. The van der Waals surface area contributed by atoms with Gasteiger partial charge in [0.25, 0.3) is 5.91 Å². The molecule has 4 heteroatoms. The molecule has 1 unspecified atom stereocenters. The van der Waals surface area contributed by atoms with Gasteiger partial charge in [0.1, 0.15) is 18.1 Å². The molecule has 0 bridgehead atoms. The highest BCUT2D eigenvalue weighted by Gasteiger charge is 2.16. The third-order valence-electron chi connectivity index (χ3n) is 3.91. The molecule has 0 aromatic heterocycles. The molecule has 1 N–H and O–H groups in total. The lowest BCUT2D eigenvalue weighted by molar-refractivity contribution is -0.122. The first kappa shape index (κ1) is 17.5. The maximum atomic E-state index is 12.4. The Bertz CT molecular complexity index is 897. The second-order valence-electron chi connectivity index (χ2n) is 5.85. The van der Waals surface area contributed by atoms with E-state index in [1.165, 1.54) is 0 Å². The van der Waals surface area contributed by atoms with Gasteiger partial charge in [-0.1, -0.05) is 49.1 Å². The van der Waals surface area contributed by atoms with Crippen LogP contribution < -0.4 is 14.8 Å². The Morgan fingerprint density at radius 2 is 1.81 bits per heavy atom. The normalized spacial score (nSPS) is 11.6. The summed E-state index contributed by atoms with van der Waals surface area (Å²) in [7, 11) is 0.